The van der Waals surface area contributed by atoms with E-state index in [-0.39, 0.29) is 5.60 Å². The second kappa shape index (κ2) is 8.31. The third-order valence-electron chi connectivity index (χ3n) is 4.10. The zero-order valence-corrected chi connectivity index (χ0v) is 14.9. The first kappa shape index (κ1) is 17.8. The first-order valence-electron chi connectivity index (χ1n) is 8.32. The summed E-state index contributed by atoms with van der Waals surface area (Å²) in [5, 5.41) is 6.75. The molecule has 1 atom stereocenters. The van der Waals surface area contributed by atoms with Gasteiger partial charge in [0.25, 0.3) is 0 Å². The Morgan fingerprint density at radius 2 is 2.09 bits per heavy atom. The van der Waals surface area contributed by atoms with Crippen molar-refractivity contribution in [1.82, 2.24) is 15.5 Å². The van der Waals surface area contributed by atoms with Crippen molar-refractivity contribution in [1.29, 1.82) is 0 Å². The van der Waals surface area contributed by atoms with Gasteiger partial charge in [-0.15, -0.1) is 0 Å². The fourth-order valence-electron chi connectivity index (χ4n) is 2.86. The van der Waals surface area contributed by atoms with E-state index in [1.54, 1.807) is 7.05 Å². The van der Waals surface area contributed by atoms with Crippen molar-refractivity contribution in [3.63, 3.8) is 0 Å². The molecule has 0 spiro atoms. The van der Waals surface area contributed by atoms with Gasteiger partial charge in [-0.3, -0.25) is 4.99 Å². The first-order valence-corrected chi connectivity index (χ1v) is 8.32. The molecule has 128 valence electrons. The van der Waals surface area contributed by atoms with Crippen molar-refractivity contribution in [3.05, 3.63) is 35.4 Å². The number of guanidine groups is 1. The summed E-state index contributed by atoms with van der Waals surface area (Å²) < 4.78 is 5.80. The van der Waals surface area contributed by atoms with Gasteiger partial charge in [0.05, 0.1) is 5.60 Å². The topological polar surface area (TPSA) is 48.9 Å². The number of nitrogens with one attached hydrogen (secondary N) is 2. The zero-order chi connectivity index (χ0) is 16.7. The van der Waals surface area contributed by atoms with Crippen molar-refractivity contribution in [2.75, 3.05) is 34.3 Å². The van der Waals surface area contributed by atoms with Gasteiger partial charge in [-0.2, -0.15) is 0 Å². The molecule has 23 heavy (non-hydrogen) atoms. The quantitative estimate of drug-likeness (QED) is 0.622. The number of aliphatic imine (C=N–C) groups is 1. The lowest BCUT2D eigenvalue weighted by atomic mass is 10.0. The fourth-order valence-corrected chi connectivity index (χ4v) is 2.86. The van der Waals surface area contributed by atoms with E-state index >= 15 is 0 Å². The molecule has 0 radical (unpaired) electrons. The number of ether oxygens (including phenoxy) is 1. The highest BCUT2D eigenvalue weighted by Gasteiger charge is 2.29. The molecule has 5 heteroatoms. The molecule has 0 aliphatic carbocycles. The molecule has 2 N–H and O–H groups in total. The molecule has 1 saturated heterocycles. The van der Waals surface area contributed by atoms with Gasteiger partial charge in [-0.1, -0.05) is 24.3 Å². The lowest BCUT2D eigenvalue weighted by molar-refractivity contribution is 0.0243. The van der Waals surface area contributed by atoms with Gasteiger partial charge in [0.15, 0.2) is 5.96 Å². The van der Waals surface area contributed by atoms with Crippen LogP contribution in [-0.2, 0) is 17.8 Å². The molecule has 1 aliphatic rings. The molecular weight excluding hydrogens is 288 g/mol. The lowest BCUT2D eigenvalue weighted by Gasteiger charge is -2.24. The van der Waals surface area contributed by atoms with Crippen LogP contribution < -0.4 is 10.6 Å². The molecule has 0 bridgehead atoms. The molecule has 0 amide bonds. The van der Waals surface area contributed by atoms with Crippen molar-refractivity contribution >= 4 is 5.96 Å². The molecule has 1 aromatic carbocycles. The monoisotopic (exact) mass is 318 g/mol. The highest BCUT2D eigenvalue weighted by Crippen LogP contribution is 2.23. The van der Waals surface area contributed by atoms with Crippen molar-refractivity contribution in [2.24, 2.45) is 4.99 Å². The van der Waals surface area contributed by atoms with Gasteiger partial charge in [-0.05, 0) is 45.0 Å². The minimum Gasteiger partial charge on any atom is -0.373 e. The third-order valence-corrected chi connectivity index (χ3v) is 4.10. The second-order valence-corrected chi connectivity index (χ2v) is 6.74. The average Bonchev–Trinajstić information content (AvgIpc) is 2.94. The van der Waals surface area contributed by atoms with Crippen LogP contribution in [-0.4, -0.2) is 50.8 Å². The summed E-state index contributed by atoms with van der Waals surface area (Å²) in [5.41, 5.74) is 2.52. The summed E-state index contributed by atoms with van der Waals surface area (Å²) in [6, 6.07) is 8.65. The van der Waals surface area contributed by atoms with Crippen LogP contribution in [0.3, 0.4) is 0 Å². The summed E-state index contributed by atoms with van der Waals surface area (Å²) in [7, 11) is 5.97. The predicted octanol–water partition coefficient (Wildman–Crippen LogP) is 1.98. The Morgan fingerprint density at radius 3 is 2.74 bits per heavy atom. The van der Waals surface area contributed by atoms with Gasteiger partial charge in [0.1, 0.15) is 0 Å². The number of hydrogen-bond acceptors (Lipinski definition) is 3. The van der Waals surface area contributed by atoms with E-state index in [1.165, 1.54) is 11.1 Å². The molecule has 2 rings (SSSR count). The second-order valence-electron chi connectivity index (χ2n) is 6.74. The maximum Gasteiger partial charge on any atom is 0.191 e. The smallest absolute Gasteiger partial charge is 0.191 e. The van der Waals surface area contributed by atoms with E-state index in [1.807, 2.05) is 0 Å². The highest BCUT2D eigenvalue weighted by atomic mass is 16.5. The molecule has 0 aromatic heterocycles. The van der Waals surface area contributed by atoms with Crippen LogP contribution in [0.25, 0.3) is 0 Å². The average molecular weight is 318 g/mol. The maximum absolute atomic E-state index is 5.80. The minimum atomic E-state index is -0.0662. The van der Waals surface area contributed by atoms with Crippen LogP contribution in [0.4, 0.5) is 0 Å². The molecule has 1 fully saturated rings. The summed E-state index contributed by atoms with van der Waals surface area (Å²) in [6.07, 6.45) is 2.24. The molecule has 1 aliphatic heterocycles. The Hall–Kier alpha value is -1.59. The van der Waals surface area contributed by atoms with Crippen molar-refractivity contribution in [3.8, 4) is 0 Å². The largest absolute Gasteiger partial charge is 0.373 e. The Balaban J connectivity index is 1.83. The van der Waals surface area contributed by atoms with E-state index in [0.717, 1.165) is 45.0 Å². The molecule has 5 nitrogen and oxygen atoms in total. The van der Waals surface area contributed by atoms with Crippen LogP contribution >= 0.6 is 0 Å². The number of rotatable bonds is 6. The standard InChI is InChI=1S/C18H30N4O/c1-18(9-6-10-23-18)14-21-17(19-2)20-12-15-7-5-8-16(11-15)13-22(3)4/h5,7-8,11H,6,9-10,12-14H2,1-4H3,(H2,19,20,21). The Bertz CT molecular complexity index is 522. The van der Waals surface area contributed by atoms with E-state index in [4.69, 9.17) is 4.74 Å². The van der Waals surface area contributed by atoms with Gasteiger partial charge in [0.2, 0.25) is 0 Å². The van der Waals surface area contributed by atoms with Gasteiger partial charge >= 0.3 is 0 Å². The summed E-state index contributed by atoms with van der Waals surface area (Å²) in [6.45, 7) is 5.52. The van der Waals surface area contributed by atoms with Crippen LogP contribution in [0.5, 0.6) is 0 Å². The Morgan fingerprint density at radius 1 is 1.30 bits per heavy atom. The Labute approximate surface area is 140 Å². The van der Waals surface area contributed by atoms with E-state index in [9.17, 15) is 0 Å². The van der Waals surface area contributed by atoms with Crippen LogP contribution in [0, 0.1) is 0 Å². The minimum absolute atomic E-state index is 0.0662. The van der Waals surface area contributed by atoms with Crippen molar-refractivity contribution < 1.29 is 4.74 Å². The SMILES string of the molecule is CN=C(NCc1cccc(CN(C)C)c1)NCC1(C)CCCO1. The maximum atomic E-state index is 5.80. The summed E-state index contributed by atoms with van der Waals surface area (Å²) in [5.74, 6) is 0.819. The lowest BCUT2D eigenvalue weighted by Crippen LogP contribution is -2.45. The number of hydrogen-bond donors (Lipinski definition) is 2. The fraction of sp³-hybridized carbons (Fsp3) is 0.611. The number of nitrogens with zero attached hydrogens (tertiary/aromatic N) is 2. The van der Waals surface area contributed by atoms with Gasteiger partial charge in [-0.25, -0.2) is 0 Å². The van der Waals surface area contributed by atoms with Crippen LogP contribution in [0.2, 0.25) is 0 Å². The first-order chi connectivity index (χ1) is 11.0. The molecule has 1 unspecified atom stereocenters. The van der Waals surface area contributed by atoms with Crippen LogP contribution in [0.1, 0.15) is 30.9 Å². The molecule has 1 heterocycles. The summed E-state index contributed by atoms with van der Waals surface area (Å²) in [4.78, 5) is 6.47. The Kier molecular flexibility index (Phi) is 6.42. The molecule has 0 saturated carbocycles. The van der Waals surface area contributed by atoms with E-state index < -0.39 is 0 Å². The third kappa shape index (κ3) is 5.84. The number of benzene rings is 1. The molecule has 1 aromatic rings. The highest BCUT2D eigenvalue weighted by molar-refractivity contribution is 5.79. The zero-order valence-electron chi connectivity index (χ0n) is 14.9. The normalized spacial score (nSPS) is 21.7. The molecular formula is C18H30N4O. The summed E-state index contributed by atoms with van der Waals surface area (Å²) >= 11 is 0. The van der Waals surface area contributed by atoms with Gasteiger partial charge < -0.3 is 20.3 Å². The van der Waals surface area contributed by atoms with E-state index in [2.05, 4.69) is 65.8 Å². The van der Waals surface area contributed by atoms with Crippen LogP contribution in [0.15, 0.2) is 29.3 Å². The van der Waals surface area contributed by atoms with Crippen molar-refractivity contribution in [2.45, 2.75) is 38.5 Å². The van der Waals surface area contributed by atoms with E-state index in [0.29, 0.717) is 0 Å². The van der Waals surface area contributed by atoms with Gasteiger partial charge in [0, 0.05) is 33.3 Å². The predicted molar refractivity (Wildman–Crippen MR) is 95.6 cm³/mol.